The Morgan fingerprint density at radius 1 is 0.500 bits per heavy atom. The van der Waals surface area contributed by atoms with Gasteiger partial charge in [0.2, 0.25) is 16.8 Å². The van der Waals surface area contributed by atoms with Gasteiger partial charge in [0.25, 0.3) is 0 Å². The standard InChI is InChI=1S/C25H59N3Si2/c1-14-19-20-21-28(29(22(6)7,23(8)9)26(15-2)16-3)30(24(10)11,25(12)13)27(17-4)18-5/h22-25H,14-21H2,1-13H3. The number of hydrogen-bond acceptors (Lipinski definition) is 3. The van der Waals surface area contributed by atoms with Crippen molar-refractivity contribution >= 4 is 16.8 Å². The van der Waals surface area contributed by atoms with Crippen LogP contribution in [0.3, 0.4) is 0 Å². The van der Waals surface area contributed by atoms with Gasteiger partial charge in [-0.2, -0.15) is 0 Å². The quantitative estimate of drug-likeness (QED) is 0.174. The maximum atomic E-state index is 3.31. The minimum Gasteiger partial charge on any atom is -0.320 e. The molecule has 0 atom stereocenters. The molecule has 0 amide bonds. The first-order chi connectivity index (χ1) is 14.0. The summed E-state index contributed by atoms with van der Waals surface area (Å²) in [5.74, 6) is 0. The maximum absolute atomic E-state index is 3.31. The third-order valence-corrected chi connectivity index (χ3v) is 22.2. The summed E-state index contributed by atoms with van der Waals surface area (Å²) in [5.41, 5.74) is 2.89. The first-order valence-corrected chi connectivity index (χ1v) is 17.4. The van der Waals surface area contributed by atoms with Crippen LogP contribution in [0.15, 0.2) is 0 Å². The molecule has 0 heterocycles. The van der Waals surface area contributed by atoms with Gasteiger partial charge >= 0.3 is 0 Å². The molecule has 0 aliphatic carbocycles. The van der Waals surface area contributed by atoms with E-state index in [1.807, 2.05) is 0 Å². The smallest absolute Gasteiger partial charge is 0.206 e. The largest absolute Gasteiger partial charge is 0.320 e. The van der Waals surface area contributed by atoms with Crippen molar-refractivity contribution in [1.29, 1.82) is 0 Å². The van der Waals surface area contributed by atoms with Crippen molar-refractivity contribution < 1.29 is 0 Å². The number of hydrogen-bond donors (Lipinski definition) is 0. The van der Waals surface area contributed by atoms with Gasteiger partial charge in [-0.25, -0.2) is 0 Å². The predicted octanol–water partition coefficient (Wildman–Crippen LogP) is 7.69. The topological polar surface area (TPSA) is 9.72 Å². The van der Waals surface area contributed by atoms with Crippen molar-refractivity contribution in [1.82, 2.24) is 13.4 Å². The van der Waals surface area contributed by atoms with E-state index in [1.165, 1.54) is 52.0 Å². The molecule has 0 aliphatic heterocycles. The fraction of sp³-hybridized carbons (Fsp3) is 1.00. The Bertz CT molecular complexity index is 392. The Labute approximate surface area is 194 Å². The zero-order valence-electron chi connectivity index (χ0n) is 23.3. The van der Waals surface area contributed by atoms with Gasteiger partial charge in [0.1, 0.15) is 0 Å². The summed E-state index contributed by atoms with van der Waals surface area (Å²) in [4.78, 5) is 0. The molecule has 0 aliphatic rings. The Hall–Kier alpha value is 0.314. The van der Waals surface area contributed by atoms with E-state index in [9.17, 15) is 0 Å². The molecule has 3 nitrogen and oxygen atoms in total. The summed E-state index contributed by atoms with van der Waals surface area (Å²) in [6.45, 7) is 38.5. The molecule has 30 heavy (non-hydrogen) atoms. The van der Waals surface area contributed by atoms with Crippen LogP contribution < -0.4 is 0 Å². The Morgan fingerprint density at radius 3 is 1.00 bits per heavy atom. The highest BCUT2D eigenvalue weighted by atomic mass is 28.4. The Morgan fingerprint density at radius 2 is 0.800 bits per heavy atom. The Kier molecular flexibility index (Phi) is 13.9. The van der Waals surface area contributed by atoms with Crippen molar-refractivity contribution in [2.45, 2.75) is 131 Å². The Balaban J connectivity index is 7.24. The lowest BCUT2D eigenvalue weighted by Crippen LogP contribution is -2.82. The lowest BCUT2D eigenvalue weighted by atomic mass is 10.3. The SMILES string of the molecule is CCCCCN([Si](C(C)C)(C(C)C)N(CC)CC)[Si](C(C)C)(C(C)C)N(CC)CC. The highest BCUT2D eigenvalue weighted by molar-refractivity contribution is 6.92. The van der Waals surface area contributed by atoms with Crippen molar-refractivity contribution in [3.8, 4) is 0 Å². The van der Waals surface area contributed by atoms with Gasteiger partial charge in [0, 0.05) is 0 Å². The van der Waals surface area contributed by atoms with Gasteiger partial charge in [-0.1, -0.05) is 103 Å². The zero-order valence-corrected chi connectivity index (χ0v) is 25.3. The highest BCUT2D eigenvalue weighted by Crippen LogP contribution is 2.48. The lowest BCUT2D eigenvalue weighted by molar-refractivity contribution is 0.322. The molecule has 0 bridgehead atoms. The second-order valence-electron chi connectivity index (χ2n) is 10.4. The van der Waals surface area contributed by atoms with Crippen molar-refractivity contribution in [3.63, 3.8) is 0 Å². The van der Waals surface area contributed by atoms with E-state index in [2.05, 4.69) is 103 Å². The zero-order chi connectivity index (χ0) is 23.7. The van der Waals surface area contributed by atoms with Gasteiger partial charge in [-0.15, -0.1) is 0 Å². The molecular weight excluding hydrogens is 398 g/mol. The van der Waals surface area contributed by atoms with E-state index in [1.54, 1.807) is 0 Å². The van der Waals surface area contributed by atoms with Crippen LogP contribution in [-0.2, 0) is 0 Å². The molecule has 0 saturated heterocycles. The van der Waals surface area contributed by atoms with Gasteiger partial charge in [0.05, 0.1) is 0 Å². The summed E-state index contributed by atoms with van der Waals surface area (Å²) >= 11 is 0. The summed E-state index contributed by atoms with van der Waals surface area (Å²) < 4.78 is 9.23. The number of nitrogens with zero attached hydrogens (tertiary/aromatic N) is 3. The second-order valence-corrected chi connectivity index (χ2v) is 20.9. The van der Waals surface area contributed by atoms with Crippen LogP contribution in [0.1, 0.15) is 109 Å². The molecule has 0 aromatic rings. The summed E-state index contributed by atoms with van der Waals surface area (Å²) in [6.07, 6.45) is 4.01. The van der Waals surface area contributed by atoms with Crippen molar-refractivity contribution in [2.75, 3.05) is 32.7 Å². The van der Waals surface area contributed by atoms with Crippen molar-refractivity contribution in [3.05, 3.63) is 0 Å². The van der Waals surface area contributed by atoms with E-state index < -0.39 is 16.8 Å². The van der Waals surface area contributed by atoms with Crippen LogP contribution in [-0.4, -0.2) is 62.9 Å². The van der Waals surface area contributed by atoms with Crippen LogP contribution in [0, 0.1) is 0 Å². The molecule has 0 aromatic carbocycles. The molecule has 0 aromatic heterocycles. The number of rotatable bonds is 16. The second kappa shape index (κ2) is 13.8. The molecule has 0 saturated carbocycles. The van der Waals surface area contributed by atoms with E-state index in [4.69, 9.17) is 0 Å². The summed E-state index contributed by atoms with van der Waals surface area (Å²) in [7, 11) is -3.86. The van der Waals surface area contributed by atoms with E-state index in [0.29, 0.717) is 0 Å². The fourth-order valence-electron chi connectivity index (χ4n) is 7.01. The van der Waals surface area contributed by atoms with E-state index in [0.717, 1.165) is 22.2 Å². The molecule has 0 rings (SSSR count). The molecule has 0 unspecified atom stereocenters. The van der Waals surface area contributed by atoms with E-state index >= 15 is 0 Å². The van der Waals surface area contributed by atoms with Crippen molar-refractivity contribution in [2.24, 2.45) is 0 Å². The first kappa shape index (κ1) is 30.3. The summed E-state index contributed by atoms with van der Waals surface area (Å²) in [5, 5.41) is 0. The molecule has 0 fully saturated rings. The lowest BCUT2D eigenvalue weighted by Gasteiger charge is -2.64. The summed E-state index contributed by atoms with van der Waals surface area (Å²) in [6, 6.07) is 0. The highest BCUT2D eigenvalue weighted by Gasteiger charge is 2.61. The molecular formula is C25H59N3Si2. The molecule has 0 N–H and O–H groups in total. The first-order valence-electron chi connectivity index (χ1n) is 13.3. The van der Waals surface area contributed by atoms with Crippen LogP contribution in [0.2, 0.25) is 22.2 Å². The molecule has 5 heteroatoms. The van der Waals surface area contributed by atoms with E-state index in [-0.39, 0.29) is 0 Å². The molecule has 182 valence electrons. The molecule has 0 radical (unpaired) electrons. The van der Waals surface area contributed by atoms with Gasteiger partial charge in [0.15, 0.2) is 0 Å². The average molecular weight is 458 g/mol. The third kappa shape index (κ3) is 5.62. The number of unbranched alkanes of at least 4 members (excludes halogenated alkanes) is 2. The molecule has 0 spiro atoms. The van der Waals surface area contributed by atoms with Crippen LogP contribution in [0.4, 0.5) is 0 Å². The monoisotopic (exact) mass is 457 g/mol. The van der Waals surface area contributed by atoms with Crippen LogP contribution >= 0.6 is 0 Å². The van der Waals surface area contributed by atoms with Gasteiger partial charge in [-0.05, 0) is 61.3 Å². The predicted molar refractivity (Wildman–Crippen MR) is 144 cm³/mol. The fourth-order valence-corrected chi connectivity index (χ4v) is 25.1. The maximum Gasteiger partial charge on any atom is 0.206 e. The van der Waals surface area contributed by atoms with Crippen LogP contribution in [0.25, 0.3) is 0 Å². The minimum atomic E-state index is -1.93. The minimum absolute atomic E-state index is 0.721. The average Bonchev–Trinajstić information content (AvgIpc) is 2.67. The normalized spacial score (nSPS) is 14.0. The van der Waals surface area contributed by atoms with Gasteiger partial charge in [-0.3, -0.25) is 0 Å². The van der Waals surface area contributed by atoms with Crippen LogP contribution in [0.5, 0.6) is 0 Å². The van der Waals surface area contributed by atoms with Gasteiger partial charge < -0.3 is 13.4 Å². The third-order valence-electron chi connectivity index (χ3n) is 7.79.